The molecule has 4 aromatic rings. The lowest BCUT2D eigenvalue weighted by atomic mass is 10.1. The van der Waals surface area contributed by atoms with Gasteiger partial charge in [0, 0.05) is 35.7 Å². The highest BCUT2D eigenvalue weighted by molar-refractivity contribution is 7.98. The Hall–Kier alpha value is -2.76. The van der Waals surface area contributed by atoms with E-state index >= 15 is 0 Å². The van der Waals surface area contributed by atoms with Gasteiger partial charge in [0.1, 0.15) is 0 Å². The van der Waals surface area contributed by atoms with Gasteiger partial charge in [0.25, 0.3) is 5.78 Å². The lowest BCUT2D eigenvalue weighted by Crippen LogP contribution is -2.36. The number of rotatable bonds is 5. The van der Waals surface area contributed by atoms with Crippen LogP contribution in [0.25, 0.3) is 16.0 Å². The first-order chi connectivity index (χ1) is 15.5. The number of thiazole rings is 1. The Morgan fingerprint density at radius 2 is 2.03 bits per heavy atom. The van der Waals surface area contributed by atoms with E-state index in [9.17, 15) is 4.79 Å². The summed E-state index contributed by atoms with van der Waals surface area (Å²) >= 11 is 3.10. The average Bonchev–Trinajstić information content (AvgIpc) is 3.41. The summed E-state index contributed by atoms with van der Waals surface area (Å²) in [6, 6.07) is 5.83. The van der Waals surface area contributed by atoms with Gasteiger partial charge < -0.3 is 15.0 Å². The number of carbonyl (C=O) groups excluding carboxylic acids is 1. The minimum atomic E-state index is -0.0974. The van der Waals surface area contributed by atoms with Gasteiger partial charge in [-0.05, 0) is 38.3 Å². The summed E-state index contributed by atoms with van der Waals surface area (Å²) in [6.45, 7) is 7.00. The first-order valence-corrected chi connectivity index (χ1v) is 12.4. The van der Waals surface area contributed by atoms with Crippen molar-refractivity contribution in [2.45, 2.75) is 25.4 Å². The zero-order valence-electron chi connectivity index (χ0n) is 18.1. The summed E-state index contributed by atoms with van der Waals surface area (Å²) in [5, 5.41) is 9.13. The second kappa shape index (κ2) is 8.64. The third kappa shape index (κ3) is 4.03. The average molecular weight is 470 g/mol. The normalized spacial score (nSPS) is 14.4. The van der Waals surface area contributed by atoms with Crippen molar-refractivity contribution >= 4 is 55.8 Å². The predicted molar refractivity (Wildman–Crippen MR) is 127 cm³/mol. The van der Waals surface area contributed by atoms with Gasteiger partial charge in [0.2, 0.25) is 11.1 Å². The van der Waals surface area contributed by atoms with Crippen LogP contribution in [0.5, 0.6) is 0 Å². The zero-order valence-corrected chi connectivity index (χ0v) is 19.7. The number of anilines is 2. The van der Waals surface area contributed by atoms with Gasteiger partial charge >= 0.3 is 0 Å². The number of thioether (sulfide) groups is 1. The molecule has 1 saturated heterocycles. The van der Waals surface area contributed by atoms with Crippen LogP contribution in [-0.2, 0) is 16.0 Å². The van der Waals surface area contributed by atoms with E-state index in [1.807, 2.05) is 38.3 Å². The Morgan fingerprint density at radius 1 is 1.22 bits per heavy atom. The van der Waals surface area contributed by atoms with Crippen LogP contribution in [0.4, 0.5) is 10.8 Å². The van der Waals surface area contributed by atoms with Gasteiger partial charge in [-0.1, -0.05) is 23.1 Å². The predicted octanol–water partition coefficient (Wildman–Crippen LogP) is 3.09. The van der Waals surface area contributed by atoms with E-state index in [-0.39, 0.29) is 12.3 Å². The molecule has 0 aliphatic carbocycles. The number of nitrogens with one attached hydrogen (secondary N) is 1. The topological polar surface area (TPSA) is 97.5 Å². The van der Waals surface area contributed by atoms with Gasteiger partial charge in [0.05, 0.1) is 29.9 Å². The number of aryl methyl sites for hydroxylation is 2. The van der Waals surface area contributed by atoms with Crippen LogP contribution >= 0.6 is 23.1 Å². The number of benzene rings is 1. The van der Waals surface area contributed by atoms with Gasteiger partial charge in [-0.15, -0.1) is 5.10 Å². The van der Waals surface area contributed by atoms with Crippen molar-refractivity contribution in [1.82, 2.24) is 24.6 Å². The molecule has 9 nitrogen and oxygen atoms in total. The SMILES string of the molecule is CSc1nc2nc(C)c(CC(=O)Nc3ccc4nc(N5CCOCC5)sc4c3)c(C)n2n1. The van der Waals surface area contributed by atoms with E-state index in [2.05, 4.69) is 25.3 Å². The number of ether oxygens (including phenoxy) is 1. The van der Waals surface area contributed by atoms with Crippen molar-refractivity contribution in [3.05, 3.63) is 35.2 Å². The van der Waals surface area contributed by atoms with Gasteiger partial charge in [-0.2, -0.15) is 4.98 Å². The molecule has 11 heteroatoms. The highest BCUT2D eigenvalue weighted by atomic mass is 32.2. The summed E-state index contributed by atoms with van der Waals surface area (Å²) in [5.74, 6) is 0.458. The van der Waals surface area contributed by atoms with Gasteiger partial charge in [0.15, 0.2) is 5.13 Å². The standard InChI is InChI=1S/C21H23N7O2S2/c1-12-15(13(2)28-19(22-12)25-20(26-28)31-3)11-18(29)23-14-4-5-16-17(10-14)32-21(24-16)27-6-8-30-9-7-27/h4-5,10H,6-9,11H2,1-3H3,(H,23,29). The molecule has 0 unspecified atom stereocenters. The molecular formula is C21H23N7O2S2. The number of nitrogens with zero attached hydrogens (tertiary/aromatic N) is 6. The molecule has 1 aliphatic rings. The van der Waals surface area contributed by atoms with Crippen LogP contribution in [0.2, 0.25) is 0 Å². The fourth-order valence-electron chi connectivity index (χ4n) is 3.78. The highest BCUT2D eigenvalue weighted by Crippen LogP contribution is 2.31. The third-order valence-electron chi connectivity index (χ3n) is 5.49. The van der Waals surface area contributed by atoms with E-state index in [0.29, 0.717) is 10.9 Å². The molecule has 0 bridgehead atoms. The molecule has 1 aliphatic heterocycles. The Kier molecular flexibility index (Phi) is 5.70. The summed E-state index contributed by atoms with van der Waals surface area (Å²) in [5.41, 5.74) is 4.23. The lowest BCUT2D eigenvalue weighted by Gasteiger charge is -2.25. The number of fused-ring (bicyclic) bond motifs is 2. The number of amides is 1. The molecule has 1 amide bonds. The van der Waals surface area contributed by atoms with Crippen LogP contribution < -0.4 is 10.2 Å². The highest BCUT2D eigenvalue weighted by Gasteiger charge is 2.18. The van der Waals surface area contributed by atoms with Crippen molar-refractivity contribution in [2.75, 3.05) is 42.8 Å². The molecular weight excluding hydrogens is 446 g/mol. The molecule has 0 spiro atoms. The summed E-state index contributed by atoms with van der Waals surface area (Å²) in [7, 11) is 0. The number of aromatic nitrogens is 5. The second-order valence-electron chi connectivity index (χ2n) is 7.57. The first kappa shape index (κ1) is 21.1. The van der Waals surface area contributed by atoms with Crippen molar-refractivity contribution < 1.29 is 9.53 Å². The Labute approximate surface area is 193 Å². The second-order valence-corrected chi connectivity index (χ2v) is 9.36. The molecule has 1 aromatic carbocycles. The third-order valence-corrected chi connectivity index (χ3v) is 7.11. The number of hydrogen-bond donors (Lipinski definition) is 1. The molecule has 0 atom stereocenters. The number of hydrogen-bond acceptors (Lipinski definition) is 9. The lowest BCUT2D eigenvalue weighted by molar-refractivity contribution is -0.115. The molecule has 3 aromatic heterocycles. The summed E-state index contributed by atoms with van der Waals surface area (Å²) < 4.78 is 8.18. The Morgan fingerprint density at radius 3 is 2.81 bits per heavy atom. The maximum atomic E-state index is 12.8. The largest absolute Gasteiger partial charge is 0.378 e. The molecule has 1 N–H and O–H groups in total. The van der Waals surface area contributed by atoms with Crippen LogP contribution in [0, 0.1) is 13.8 Å². The summed E-state index contributed by atoms with van der Waals surface area (Å²) in [4.78, 5) is 28.8. The first-order valence-electron chi connectivity index (χ1n) is 10.3. The van der Waals surface area contributed by atoms with Gasteiger partial charge in [-0.3, -0.25) is 4.79 Å². The van der Waals surface area contributed by atoms with E-state index in [0.717, 1.165) is 64.3 Å². The molecule has 0 saturated carbocycles. The minimum absolute atomic E-state index is 0.0974. The Bertz CT molecular complexity index is 1310. The van der Waals surface area contributed by atoms with E-state index < -0.39 is 0 Å². The summed E-state index contributed by atoms with van der Waals surface area (Å²) in [6.07, 6.45) is 2.14. The molecule has 166 valence electrons. The van der Waals surface area contributed by atoms with Crippen molar-refractivity contribution in [1.29, 1.82) is 0 Å². The van der Waals surface area contributed by atoms with Crippen LogP contribution in [-0.4, -0.2) is 63.0 Å². The molecule has 4 heterocycles. The van der Waals surface area contributed by atoms with Crippen molar-refractivity contribution in [2.24, 2.45) is 0 Å². The number of carbonyl (C=O) groups is 1. The zero-order chi connectivity index (χ0) is 22.2. The molecule has 5 rings (SSSR count). The number of morpholine rings is 1. The fraction of sp³-hybridized carbons (Fsp3) is 0.381. The van der Waals surface area contributed by atoms with Crippen LogP contribution in [0.15, 0.2) is 23.4 Å². The minimum Gasteiger partial charge on any atom is -0.378 e. The van der Waals surface area contributed by atoms with E-state index in [1.54, 1.807) is 15.9 Å². The van der Waals surface area contributed by atoms with E-state index in [4.69, 9.17) is 9.72 Å². The maximum Gasteiger partial charge on any atom is 0.253 e. The van der Waals surface area contributed by atoms with E-state index in [1.165, 1.54) is 11.8 Å². The van der Waals surface area contributed by atoms with Gasteiger partial charge in [-0.25, -0.2) is 14.5 Å². The Balaban J connectivity index is 1.34. The molecule has 0 radical (unpaired) electrons. The van der Waals surface area contributed by atoms with Crippen molar-refractivity contribution in [3.63, 3.8) is 0 Å². The quantitative estimate of drug-likeness (QED) is 0.446. The smallest absolute Gasteiger partial charge is 0.253 e. The van der Waals surface area contributed by atoms with Crippen LogP contribution in [0.1, 0.15) is 17.0 Å². The maximum absolute atomic E-state index is 12.8. The monoisotopic (exact) mass is 469 g/mol. The molecule has 1 fully saturated rings. The fourth-order valence-corrected chi connectivity index (χ4v) is 5.17. The van der Waals surface area contributed by atoms with Crippen molar-refractivity contribution in [3.8, 4) is 0 Å². The van der Waals surface area contributed by atoms with Crippen LogP contribution in [0.3, 0.4) is 0 Å². The molecule has 32 heavy (non-hydrogen) atoms.